The molecule has 1 atom stereocenters. The molecule has 27 heavy (non-hydrogen) atoms. The first-order chi connectivity index (χ1) is 13.1. The predicted molar refractivity (Wildman–Crippen MR) is 106 cm³/mol. The van der Waals surface area contributed by atoms with Crippen LogP contribution in [0.3, 0.4) is 0 Å². The number of thiophene rings is 2. The van der Waals surface area contributed by atoms with Crippen LogP contribution in [0.25, 0.3) is 11.0 Å². The van der Waals surface area contributed by atoms with Crippen molar-refractivity contribution in [1.82, 2.24) is 5.32 Å². The Morgan fingerprint density at radius 2 is 2.00 bits per heavy atom. The van der Waals surface area contributed by atoms with Crippen LogP contribution in [0.15, 0.2) is 73.9 Å². The first-order valence-electron chi connectivity index (χ1n) is 8.18. The standard InChI is InChI=1S/C20H15NO4S2/c22-15-10-17(25-16-5-2-1-4-14(15)16)19(23)21-12-20(24,13-7-9-26-11-13)18-6-3-8-27-18/h1-11,24H,12H2,(H,21,23)/t20-/m0/s1. The maximum absolute atomic E-state index is 12.6. The van der Waals surface area contributed by atoms with Gasteiger partial charge in [-0.25, -0.2) is 0 Å². The number of fused-ring (bicyclic) bond motifs is 1. The van der Waals surface area contributed by atoms with Crippen LogP contribution in [0.2, 0.25) is 0 Å². The second-order valence-corrected chi connectivity index (χ2v) is 7.73. The molecule has 0 aliphatic carbocycles. The Labute approximate surface area is 162 Å². The van der Waals surface area contributed by atoms with Gasteiger partial charge in [0.1, 0.15) is 11.2 Å². The van der Waals surface area contributed by atoms with Crippen molar-refractivity contribution in [3.63, 3.8) is 0 Å². The number of hydrogen-bond donors (Lipinski definition) is 2. The van der Waals surface area contributed by atoms with Gasteiger partial charge >= 0.3 is 0 Å². The molecule has 7 heteroatoms. The molecule has 5 nitrogen and oxygen atoms in total. The summed E-state index contributed by atoms with van der Waals surface area (Å²) in [5.74, 6) is -0.638. The Bertz CT molecular complexity index is 1100. The summed E-state index contributed by atoms with van der Waals surface area (Å²) in [4.78, 5) is 25.5. The predicted octanol–water partition coefficient (Wildman–Crippen LogP) is 3.58. The van der Waals surface area contributed by atoms with E-state index in [0.717, 1.165) is 4.88 Å². The monoisotopic (exact) mass is 397 g/mol. The molecule has 0 spiro atoms. The Kier molecular flexibility index (Phi) is 4.65. The second kappa shape index (κ2) is 7.11. The second-order valence-electron chi connectivity index (χ2n) is 6.00. The fraction of sp³-hybridized carbons (Fsp3) is 0.100. The normalized spacial score (nSPS) is 13.4. The third kappa shape index (κ3) is 3.32. The Hall–Kier alpha value is -2.74. The number of carbonyl (C=O) groups is 1. The lowest BCUT2D eigenvalue weighted by Crippen LogP contribution is -2.41. The smallest absolute Gasteiger partial charge is 0.287 e. The maximum atomic E-state index is 12.6. The van der Waals surface area contributed by atoms with Crippen molar-refractivity contribution < 1.29 is 14.3 Å². The van der Waals surface area contributed by atoms with Gasteiger partial charge in [-0.1, -0.05) is 18.2 Å². The lowest BCUT2D eigenvalue weighted by Gasteiger charge is -2.26. The highest BCUT2D eigenvalue weighted by molar-refractivity contribution is 7.10. The molecule has 1 aromatic carbocycles. The molecule has 4 aromatic rings. The molecular weight excluding hydrogens is 382 g/mol. The molecule has 0 aliphatic heterocycles. The quantitative estimate of drug-likeness (QED) is 0.539. The number of rotatable bonds is 5. The molecule has 0 saturated heterocycles. The third-order valence-corrected chi connectivity index (χ3v) is 5.99. The fourth-order valence-electron chi connectivity index (χ4n) is 2.86. The van der Waals surface area contributed by atoms with Crippen molar-refractivity contribution in [2.24, 2.45) is 0 Å². The van der Waals surface area contributed by atoms with Gasteiger partial charge in [0.05, 0.1) is 11.9 Å². The Morgan fingerprint density at radius 3 is 2.74 bits per heavy atom. The highest BCUT2D eigenvalue weighted by Gasteiger charge is 2.34. The van der Waals surface area contributed by atoms with Gasteiger partial charge in [0.25, 0.3) is 5.91 Å². The maximum Gasteiger partial charge on any atom is 0.287 e. The van der Waals surface area contributed by atoms with Gasteiger partial charge in [-0.05, 0) is 40.4 Å². The van der Waals surface area contributed by atoms with Gasteiger partial charge in [0.2, 0.25) is 0 Å². The van der Waals surface area contributed by atoms with Crippen LogP contribution in [0.5, 0.6) is 0 Å². The minimum atomic E-state index is -1.35. The minimum absolute atomic E-state index is 0.0420. The summed E-state index contributed by atoms with van der Waals surface area (Å²) in [6.07, 6.45) is 0. The summed E-state index contributed by atoms with van der Waals surface area (Å²) in [6, 6.07) is 13.4. The lowest BCUT2D eigenvalue weighted by atomic mass is 9.94. The number of carbonyl (C=O) groups excluding carboxylic acids is 1. The molecule has 2 N–H and O–H groups in total. The third-order valence-electron chi connectivity index (χ3n) is 4.29. The van der Waals surface area contributed by atoms with Crippen LogP contribution in [0, 0.1) is 0 Å². The number of amides is 1. The Morgan fingerprint density at radius 1 is 1.15 bits per heavy atom. The summed E-state index contributed by atoms with van der Waals surface area (Å²) < 4.78 is 5.56. The van der Waals surface area contributed by atoms with Crippen LogP contribution in [-0.4, -0.2) is 17.6 Å². The number of hydrogen-bond acceptors (Lipinski definition) is 6. The average molecular weight is 397 g/mol. The van der Waals surface area contributed by atoms with Crippen molar-refractivity contribution in [3.8, 4) is 0 Å². The largest absolute Gasteiger partial charge is 0.451 e. The topological polar surface area (TPSA) is 79.5 Å². The van der Waals surface area contributed by atoms with Crippen molar-refractivity contribution in [2.45, 2.75) is 5.60 Å². The molecule has 0 saturated carbocycles. The molecule has 3 heterocycles. The van der Waals surface area contributed by atoms with E-state index in [1.807, 2.05) is 34.3 Å². The van der Waals surface area contributed by atoms with Crippen LogP contribution in [0.1, 0.15) is 21.0 Å². The minimum Gasteiger partial charge on any atom is -0.451 e. The number of benzene rings is 1. The van der Waals surface area contributed by atoms with E-state index in [9.17, 15) is 14.7 Å². The summed E-state index contributed by atoms with van der Waals surface area (Å²) in [6.45, 7) is -0.0420. The molecular formula is C20H15NO4S2. The number of para-hydroxylation sites is 1. The highest BCUT2D eigenvalue weighted by Crippen LogP contribution is 2.33. The van der Waals surface area contributed by atoms with Crippen molar-refractivity contribution >= 4 is 39.5 Å². The van der Waals surface area contributed by atoms with E-state index in [1.165, 1.54) is 28.7 Å². The lowest BCUT2D eigenvalue weighted by molar-refractivity contribution is 0.0706. The number of nitrogens with one attached hydrogen (secondary N) is 1. The number of aliphatic hydroxyl groups is 1. The average Bonchev–Trinajstić information content (AvgIpc) is 3.40. The zero-order chi connectivity index (χ0) is 18.9. The van der Waals surface area contributed by atoms with Gasteiger partial charge in [0.15, 0.2) is 11.2 Å². The highest BCUT2D eigenvalue weighted by atomic mass is 32.1. The van der Waals surface area contributed by atoms with E-state index in [4.69, 9.17) is 4.42 Å². The van der Waals surface area contributed by atoms with Gasteiger partial charge in [-0.2, -0.15) is 11.3 Å². The van der Waals surface area contributed by atoms with Crippen molar-refractivity contribution in [2.75, 3.05) is 6.54 Å². The van der Waals surface area contributed by atoms with E-state index in [-0.39, 0.29) is 17.7 Å². The summed E-state index contributed by atoms with van der Waals surface area (Å²) >= 11 is 2.88. The van der Waals surface area contributed by atoms with Gasteiger partial charge < -0.3 is 14.8 Å². The summed E-state index contributed by atoms with van der Waals surface area (Å²) in [5, 5.41) is 20.0. The van der Waals surface area contributed by atoms with Crippen molar-refractivity contribution in [1.29, 1.82) is 0 Å². The molecule has 4 rings (SSSR count). The molecule has 3 aromatic heterocycles. The van der Waals surface area contributed by atoms with Gasteiger partial charge in [-0.3, -0.25) is 9.59 Å². The Balaban J connectivity index is 1.62. The van der Waals surface area contributed by atoms with Crippen LogP contribution in [0.4, 0.5) is 0 Å². The van der Waals surface area contributed by atoms with Crippen molar-refractivity contribution in [3.05, 3.63) is 91.1 Å². The fourth-order valence-corrected chi connectivity index (χ4v) is 4.43. The molecule has 0 bridgehead atoms. The van der Waals surface area contributed by atoms with Gasteiger partial charge in [0, 0.05) is 16.5 Å². The molecule has 0 aliphatic rings. The van der Waals surface area contributed by atoms with Crippen LogP contribution >= 0.6 is 22.7 Å². The molecule has 136 valence electrons. The van der Waals surface area contributed by atoms with Gasteiger partial charge in [-0.15, -0.1) is 11.3 Å². The summed E-state index contributed by atoms with van der Waals surface area (Å²) in [5.41, 5.74) is -0.578. The van der Waals surface area contributed by atoms with Crippen LogP contribution in [-0.2, 0) is 5.60 Å². The zero-order valence-electron chi connectivity index (χ0n) is 14.0. The van der Waals surface area contributed by atoms with Crippen LogP contribution < -0.4 is 10.7 Å². The first-order valence-corrected chi connectivity index (χ1v) is 10.0. The van der Waals surface area contributed by atoms with E-state index in [0.29, 0.717) is 16.5 Å². The SMILES string of the molecule is O=C(NC[C@](O)(c1ccsc1)c1cccs1)c1cc(=O)c2ccccc2o1. The molecule has 1 amide bonds. The molecule has 0 unspecified atom stereocenters. The molecule has 0 radical (unpaired) electrons. The zero-order valence-corrected chi connectivity index (χ0v) is 15.7. The van der Waals surface area contributed by atoms with E-state index in [1.54, 1.807) is 24.3 Å². The van der Waals surface area contributed by atoms with E-state index < -0.39 is 11.5 Å². The van der Waals surface area contributed by atoms with E-state index in [2.05, 4.69) is 5.32 Å². The molecule has 0 fully saturated rings. The van der Waals surface area contributed by atoms with E-state index >= 15 is 0 Å². The first kappa shape index (κ1) is 17.7. The summed E-state index contributed by atoms with van der Waals surface area (Å²) in [7, 11) is 0.